The van der Waals surface area contributed by atoms with Crippen LogP contribution in [0.1, 0.15) is 12.0 Å². The van der Waals surface area contributed by atoms with E-state index in [-0.39, 0.29) is 35.7 Å². The molecule has 168 valence electrons. The number of nitrogens with zero attached hydrogens (tertiary/aromatic N) is 1. The molecule has 1 aliphatic heterocycles. The third-order valence-corrected chi connectivity index (χ3v) is 6.73. The first-order valence-electron chi connectivity index (χ1n) is 9.66. The molecule has 0 aromatic heterocycles. The van der Waals surface area contributed by atoms with Gasteiger partial charge in [0.05, 0.1) is 25.2 Å². The number of sulfone groups is 1. The summed E-state index contributed by atoms with van der Waals surface area (Å²) in [4.78, 5) is 14.5. The van der Waals surface area contributed by atoms with Crippen LogP contribution >= 0.6 is 0 Å². The summed E-state index contributed by atoms with van der Waals surface area (Å²) in [6.45, 7) is -2.53. The molecule has 10 heteroatoms. The minimum atomic E-state index is -3.12. The molecule has 0 aliphatic carbocycles. The number of alkyl halides is 2. The molecule has 1 aliphatic rings. The van der Waals surface area contributed by atoms with Crippen molar-refractivity contribution >= 4 is 21.4 Å². The van der Waals surface area contributed by atoms with Crippen molar-refractivity contribution in [2.24, 2.45) is 0 Å². The van der Waals surface area contributed by atoms with Crippen molar-refractivity contribution in [1.82, 2.24) is 4.90 Å². The third kappa shape index (κ3) is 6.90. The number of ether oxygens (including phenoxy) is 2. The maximum absolute atomic E-state index is 12.6. The van der Waals surface area contributed by atoms with Crippen LogP contribution in [0.5, 0.6) is 11.5 Å². The average molecular weight is 454 g/mol. The summed E-state index contributed by atoms with van der Waals surface area (Å²) < 4.78 is 57.9. The minimum Gasteiger partial charge on any atom is -0.497 e. The van der Waals surface area contributed by atoms with E-state index in [9.17, 15) is 22.0 Å². The Labute approximate surface area is 179 Å². The fourth-order valence-corrected chi connectivity index (χ4v) is 5.21. The molecule has 0 unspecified atom stereocenters. The number of halogens is 2. The van der Waals surface area contributed by atoms with Gasteiger partial charge in [0.25, 0.3) is 0 Å². The zero-order valence-corrected chi connectivity index (χ0v) is 17.8. The van der Waals surface area contributed by atoms with Gasteiger partial charge in [0, 0.05) is 18.3 Å². The molecule has 1 saturated heterocycles. The number of methoxy groups -OCH3 is 1. The lowest BCUT2D eigenvalue weighted by Crippen LogP contribution is -2.41. The molecule has 0 saturated carbocycles. The number of hydrogen-bond acceptors (Lipinski definition) is 6. The topological polar surface area (TPSA) is 84.9 Å². The molecule has 0 spiro atoms. The van der Waals surface area contributed by atoms with Gasteiger partial charge < -0.3 is 14.8 Å². The van der Waals surface area contributed by atoms with Gasteiger partial charge in [0.1, 0.15) is 11.5 Å². The van der Waals surface area contributed by atoms with Crippen LogP contribution in [0.4, 0.5) is 14.5 Å². The molecule has 3 rings (SSSR count). The first kappa shape index (κ1) is 23.0. The van der Waals surface area contributed by atoms with Crippen LogP contribution < -0.4 is 14.8 Å². The first-order chi connectivity index (χ1) is 14.7. The van der Waals surface area contributed by atoms with Crippen LogP contribution in [0.15, 0.2) is 48.5 Å². The smallest absolute Gasteiger partial charge is 0.387 e. The summed E-state index contributed by atoms with van der Waals surface area (Å²) in [5.41, 5.74) is 1.35. The van der Waals surface area contributed by atoms with E-state index >= 15 is 0 Å². The molecule has 1 atom stereocenters. The van der Waals surface area contributed by atoms with Crippen molar-refractivity contribution in [2.75, 3.05) is 30.5 Å². The summed E-state index contributed by atoms with van der Waals surface area (Å²) in [5.74, 6) is 0.474. The van der Waals surface area contributed by atoms with Gasteiger partial charge in [0.15, 0.2) is 9.84 Å². The monoisotopic (exact) mass is 454 g/mol. The summed E-state index contributed by atoms with van der Waals surface area (Å²) in [6, 6.07) is 12.7. The van der Waals surface area contributed by atoms with Crippen LogP contribution in [0.2, 0.25) is 0 Å². The Kier molecular flexibility index (Phi) is 7.45. The maximum Gasteiger partial charge on any atom is 0.387 e. The van der Waals surface area contributed by atoms with E-state index in [1.54, 1.807) is 7.11 Å². The first-order valence-corrected chi connectivity index (χ1v) is 11.5. The fourth-order valence-electron chi connectivity index (χ4n) is 3.45. The predicted octanol–water partition coefficient (Wildman–Crippen LogP) is 2.92. The van der Waals surface area contributed by atoms with E-state index in [4.69, 9.17) is 4.74 Å². The number of carbonyl (C=O) groups is 1. The Morgan fingerprint density at radius 2 is 1.77 bits per heavy atom. The zero-order valence-electron chi connectivity index (χ0n) is 17.0. The number of carbonyl (C=O) groups excluding carboxylic acids is 1. The van der Waals surface area contributed by atoms with Gasteiger partial charge in [0.2, 0.25) is 5.91 Å². The van der Waals surface area contributed by atoms with E-state index in [0.29, 0.717) is 24.4 Å². The number of nitrogens with one attached hydrogen (secondary N) is 1. The number of anilines is 1. The second-order valence-corrected chi connectivity index (χ2v) is 9.49. The summed E-state index contributed by atoms with van der Waals surface area (Å²) >= 11 is 0. The number of hydrogen-bond donors (Lipinski definition) is 1. The molecule has 1 heterocycles. The van der Waals surface area contributed by atoms with Gasteiger partial charge in [-0.3, -0.25) is 9.69 Å². The normalized spacial score (nSPS) is 17.6. The summed E-state index contributed by atoms with van der Waals surface area (Å²) in [6.07, 6.45) is 0.464. The van der Waals surface area contributed by atoms with E-state index in [1.165, 1.54) is 24.3 Å². The van der Waals surface area contributed by atoms with Crippen LogP contribution in [-0.2, 0) is 21.2 Å². The van der Waals surface area contributed by atoms with Gasteiger partial charge >= 0.3 is 6.61 Å². The second kappa shape index (κ2) is 10.1. The Morgan fingerprint density at radius 3 is 2.32 bits per heavy atom. The van der Waals surface area contributed by atoms with Crippen LogP contribution in [0.25, 0.3) is 0 Å². The van der Waals surface area contributed by atoms with Crippen molar-refractivity contribution in [1.29, 1.82) is 0 Å². The van der Waals surface area contributed by atoms with E-state index in [2.05, 4.69) is 10.1 Å². The molecule has 1 N–H and O–H groups in total. The van der Waals surface area contributed by atoms with E-state index in [1.807, 2.05) is 29.2 Å². The lowest BCUT2D eigenvalue weighted by molar-refractivity contribution is -0.117. The Balaban J connectivity index is 1.67. The molecule has 2 aromatic rings. The van der Waals surface area contributed by atoms with Crippen molar-refractivity contribution < 1.29 is 31.5 Å². The van der Waals surface area contributed by atoms with Gasteiger partial charge in [-0.05, 0) is 48.4 Å². The molecule has 2 aromatic carbocycles. The predicted molar refractivity (Wildman–Crippen MR) is 112 cm³/mol. The lowest BCUT2D eigenvalue weighted by Gasteiger charge is -2.27. The number of rotatable bonds is 9. The molecular formula is C21H24F2N2O5S. The minimum absolute atomic E-state index is 0.00899. The molecule has 0 radical (unpaired) electrons. The van der Waals surface area contributed by atoms with Crippen molar-refractivity contribution in [3.63, 3.8) is 0 Å². The highest BCUT2D eigenvalue weighted by Gasteiger charge is 2.33. The molecule has 0 bridgehead atoms. The summed E-state index contributed by atoms with van der Waals surface area (Å²) in [7, 11) is -1.55. The highest BCUT2D eigenvalue weighted by molar-refractivity contribution is 7.91. The van der Waals surface area contributed by atoms with Gasteiger partial charge in [-0.1, -0.05) is 12.1 Å². The highest BCUT2D eigenvalue weighted by atomic mass is 32.2. The molecule has 1 fully saturated rings. The van der Waals surface area contributed by atoms with Crippen molar-refractivity contribution in [3.8, 4) is 11.5 Å². The Morgan fingerprint density at radius 1 is 1.13 bits per heavy atom. The average Bonchev–Trinajstić information content (AvgIpc) is 3.09. The molecule has 31 heavy (non-hydrogen) atoms. The van der Waals surface area contributed by atoms with Crippen LogP contribution in [-0.4, -0.2) is 57.0 Å². The molecule has 1 amide bonds. The molecule has 7 nitrogen and oxygen atoms in total. The summed E-state index contributed by atoms with van der Waals surface area (Å²) in [5, 5.41) is 2.71. The van der Waals surface area contributed by atoms with Gasteiger partial charge in [-0.15, -0.1) is 0 Å². The van der Waals surface area contributed by atoms with Crippen molar-refractivity contribution in [2.45, 2.75) is 25.6 Å². The maximum atomic E-state index is 12.6. The number of benzene rings is 2. The van der Waals surface area contributed by atoms with Crippen LogP contribution in [0, 0.1) is 0 Å². The lowest BCUT2D eigenvalue weighted by atomic mass is 10.1. The fraction of sp³-hybridized carbons (Fsp3) is 0.381. The SMILES string of the molecule is COc1ccc(CN(CC(=O)Nc2ccc(OC(F)F)cc2)[C@H]2CCS(=O)(=O)C2)cc1. The van der Waals surface area contributed by atoms with Gasteiger partial charge in [-0.2, -0.15) is 8.78 Å². The molecular weight excluding hydrogens is 430 g/mol. The Hall–Kier alpha value is -2.72. The second-order valence-electron chi connectivity index (χ2n) is 7.26. The largest absolute Gasteiger partial charge is 0.497 e. The van der Waals surface area contributed by atoms with E-state index < -0.39 is 16.4 Å². The van der Waals surface area contributed by atoms with Crippen molar-refractivity contribution in [3.05, 3.63) is 54.1 Å². The van der Waals surface area contributed by atoms with E-state index in [0.717, 1.165) is 5.56 Å². The zero-order chi connectivity index (χ0) is 22.4. The highest BCUT2D eigenvalue weighted by Crippen LogP contribution is 2.22. The number of amides is 1. The van der Waals surface area contributed by atoms with Gasteiger partial charge in [-0.25, -0.2) is 8.42 Å². The Bertz CT molecular complexity index is 982. The van der Waals surface area contributed by atoms with Crippen LogP contribution in [0.3, 0.4) is 0 Å². The standard InChI is InChI=1S/C21H24F2N2O5S/c1-29-18-6-2-15(3-7-18)12-25(17-10-11-31(27,28)14-17)13-20(26)24-16-4-8-19(9-5-16)30-21(22)23/h2-9,17,21H,10-14H2,1H3,(H,24,26)/t17-/m0/s1. The quantitative estimate of drug-likeness (QED) is 0.627. The third-order valence-electron chi connectivity index (χ3n) is 4.98.